The van der Waals surface area contributed by atoms with Crippen LogP contribution in [0.4, 0.5) is 0 Å². The third-order valence-electron chi connectivity index (χ3n) is 4.45. The van der Waals surface area contributed by atoms with Crippen LogP contribution in [0, 0.1) is 0 Å². The fourth-order valence-electron chi connectivity index (χ4n) is 2.63. The van der Waals surface area contributed by atoms with E-state index in [1.165, 1.54) is 0 Å². The first-order valence-corrected chi connectivity index (χ1v) is 8.04. The summed E-state index contributed by atoms with van der Waals surface area (Å²) in [6.07, 6.45) is 2.34. The zero-order valence-corrected chi connectivity index (χ0v) is 12.7. The van der Waals surface area contributed by atoms with Crippen LogP contribution in [0.5, 0.6) is 0 Å². The number of likely N-dealkylation sites (N-methyl/N-ethyl adjacent to an activating group) is 1. The van der Waals surface area contributed by atoms with Crippen molar-refractivity contribution in [3.8, 4) is 0 Å². The van der Waals surface area contributed by atoms with Crippen molar-refractivity contribution in [1.29, 1.82) is 0 Å². The van der Waals surface area contributed by atoms with Crippen molar-refractivity contribution < 1.29 is 9.53 Å². The van der Waals surface area contributed by atoms with Gasteiger partial charge in [0.05, 0.1) is 5.54 Å². The molecule has 0 bridgehead atoms. The van der Waals surface area contributed by atoms with Crippen molar-refractivity contribution in [2.24, 2.45) is 5.73 Å². The molecule has 1 amide bonds. The van der Waals surface area contributed by atoms with Crippen LogP contribution in [-0.4, -0.2) is 67.2 Å². The molecule has 0 aromatic heterocycles. The van der Waals surface area contributed by atoms with E-state index in [9.17, 15) is 4.79 Å². The Bertz CT molecular complexity index is 324. The van der Waals surface area contributed by atoms with Gasteiger partial charge in [0.15, 0.2) is 0 Å². The first kappa shape index (κ1) is 15.1. The molecule has 5 nitrogen and oxygen atoms in total. The van der Waals surface area contributed by atoms with Gasteiger partial charge in [0.2, 0.25) is 5.91 Å². The van der Waals surface area contributed by atoms with E-state index in [2.05, 4.69) is 24.3 Å². The molecular formula is C13H25N3O2S. The largest absolute Gasteiger partial charge is 0.381 e. The zero-order valence-electron chi connectivity index (χ0n) is 11.9. The van der Waals surface area contributed by atoms with E-state index >= 15 is 0 Å². The lowest BCUT2D eigenvalue weighted by Crippen LogP contribution is -2.61. The highest BCUT2D eigenvalue weighted by Gasteiger charge is 2.40. The van der Waals surface area contributed by atoms with Crippen molar-refractivity contribution in [2.45, 2.75) is 30.3 Å². The van der Waals surface area contributed by atoms with Gasteiger partial charge >= 0.3 is 0 Å². The minimum Gasteiger partial charge on any atom is -0.381 e. The quantitative estimate of drug-likeness (QED) is 0.765. The number of carbonyl (C=O) groups excluding carboxylic acids is 1. The maximum Gasteiger partial charge on any atom is 0.240 e. The molecule has 110 valence electrons. The summed E-state index contributed by atoms with van der Waals surface area (Å²) in [6, 6.07) is 0. The normalized spacial score (nSPS) is 30.5. The fraction of sp³-hybridized carbons (Fsp3) is 0.923. The first-order chi connectivity index (χ1) is 8.99. The van der Waals surface area contributed by atoms with Gasteiger partial charge in [0.25, 0.3) is 0 Å². The number of hydrogen-bond donors (Lipinski definition) is 2. The molecule has 0 saturated carbocycles. The minimum absolute atomic E-state index is 0.0195. The van der Waals surface area contributed by atoms with E-state index in [-0.39, 0.29) is 11.4 Å². The minimum atomic E-state index is -0.739. The second-order valence-corrected chi connectivity index (χ2v) is 6.98. The average Bonchev–Trinajstić information content (AvgIpc) is 2.87. The lowest BCUT2D eigenvalue weighted by molar-refractivity contribution is -0.130. The molecule has 0 aromatic carbocycles. The Morgan fingerprint density at radius 2 is 2.05 bits per heavy atom. The maximum atomic E-state index is 12.3. The van der Waals surface area contributed by atoms with Crippen LogP contribution in [0.15, 0.2) is 0 Å². The molecular weight excluding hydrogens is 262 g/mol. The van der Waals surface area contributed by atoms with Crippen LogP contribution in [-0.2, 0) is 9.53 Å². The molecule has 1 atom stereocenters. The van der Waals surface area contributed by atoms with Gasteiger partial charge in [-0.05, 0) is 39.1 Å². The number of nitrogens with two attached hydrogens (primary N) is 1. The summed E-state index contributed by atoms with van der Waals surface area (Å²) in [5.41, 5.74) is 5.54. The van der Waals surface area contributed by atoms with Gasteiger partial charge in [-0.25, -0.2) is 0 Å². The van der Waals surface area contributed by atoms with E-state index in [1.54, 1.807) is 0 Å². The Kier molecular flexibility index (Phi) is 4.76. The number of rotatable bonds is 4. The SMILES string of the molecule is CN(C)C1(CNC(=O)C2(N)CCOCC2)CCSC1. The summed E-state index contributed by atoms with van der Waals surface area (Å²) in [5, 5.41) is 3.08. The van der Waals surface area contributed by atoms with Crippen molar-refractivity contribution in [2.75, 3.05) is 45.4 Å². The van der Waals surface area contributed by atoms with Gasteiger partial charge in [-0.1, -0.05) is 0 Å². The monoisotopic (exact) mass is 287 g/mol. The molecule has 2 rings (SSSR count). The van der Waals surface area contributed by atoms with Crippen LogP contribution in [0.2, 0.25) is 0 Å². The van der Waals surface area contributed by atoms with Gasteiger partial charge in [-0.2, -0.15) is 11.8 Å². The number of carbonyl (C=O) groups is 1. The topological polar surface area (TPSA) is 67.6 Å². The molecule has 0 radical (unpaired) electrons. The number of thioether (sulfide) groups is 1. The number of ether oxygens (including phenoxy) is 1. The molecule has 1 unspecified atom stereocenters. The average molecular weight is 287 g/mol. The highest BCUT2D eigenvalue weighted by molar-refractivity contribution is 7.99. The van der Waals surface area contributed by atoms with Gasteiger partial charge < -0.3 is 20.7 Å². The van der Waals surface area contributed by atoms with Crippen LogP contribution >= 0.6 is 11.8 Å². The Morgan fingerprint density at radius 1 is 1.37 bits per heavy atom. The molecule has 0 aliphatic carbocycles. The molecule has 0 aromatic rings. The standard InChI is InChI=1S/C13H25N3O2S/c1-16(2)12(5-8-19-10-12)9-15-11(17)13(14)3-6-18-7-4-13/h3-10,14H2,1-2H3,(H,15,17). The number of hydrogen-bond acceptors (Lipinski definition) is 5. The van der Waals surface area contributed by atoms with Crippen LogP contribution in [0.25, 0.3) is 0 Å². The predicted octanol–water partition coefficient (Wildman–Crippen LogP) is 0.0478. The molecule has 2 fully saturated rings. The Balaban J connectivity index is 1.92. The van der Waals surface area contributed by atoms with E-state index in [1.807, 2.05) is 11.8 Å². The van der Waals surface area contributed by atoms with E-state index in [0.29, 0.717) is 32.6 Å². The lowest BCUT2D eigenvalue weighted by atomic mass is 9.89. The number of nitrogens with one attached hydrogen (secondary N) is 1. The molecule has 2 aliphatic rings. The summed E-state index contributed by atoms with van der Waals surface area (Å²) >= 11 is 1.95. The van der Waals surface area contributed by atoms with E-state index in [4.69, 9.17) is 10.5 Å². The molecule has 2 aliphatic heterocycles. The molecule has 0 spiro atoms. The second kappa shape index (κ2) is 5.99. The van der Waals surface area contributed by atoms with Crippen molar-refractivity contribution in [1.82, 2.24) is 10.2 Å². The van der Waals surface area contributed by atoms with E-state index in [0.717, 1.165) is 17.9 Å². The smallest absolute Gasteiger partial charge is 0.240 e. The Morgan fingerprint density at radius 3 is 2.58 bits per heavy atom. The lowest BCUT2D eigenvalue weighted by Gasteiger charge is -2.38. The third kappa shape index (κ3) is 3.24. The third-order valence-corrected chi connectivity index (χ3v) is 5.68. The number of nitrogens with zero attached hydrogens (tertiary/aromatic N) is 1. The van der Waals surface area contributed by atoms with Gasteiger partial charge in [-0.3, -0.25) is 4.79 Å². The highest BCUT2D eigenvalue weighted by Crippen LogP contribution is 2.31. The van der Waals surface area contributed by atoms with Gasteiger partial charge in [-0.15, -0.1) is 0 Å². The fourth-order valence-corrected chi connectivity index (χ4v) is 4.18. The summed E-state index contributed by atoms with van der Waals surface area (Å²) in [6.45, 7) is 1.85. The summed E-state index contributed by atoms with van der Waals surface area (Å²) < 4.78 is 5.28. The summed E-state index contributed by atoms with van der Waals surface area (Å²) in [7, 11) is 4.18. The molecule has 2 saturated heterocycles. The highest BCUT2D eigenvalue weighted by atomic mass is 32.2. The van der Waals surface area contributed by atoms with Crippen LogP contribution in [0.1, 0.15) is 19.3 Å². The van der Waals surface area contributed by atoms with Crippen molar-refractivity contribution in [3.63, 3.8) is 0 Å². The first-order valence-electron chi connectivity index (χ1n) is 6.89. The predicted molar refractivity (Wildman–Crippen MR) is 78.3 cm³/mol. The van der Waals surface area contributed by atoms with Gasteiger partial charge in [0.1, 0.15) is 0 Å². The Hall–Kier alpha value is -0.300. The molecule has 2 heterocycles. The van der Waals surface area contributed by atoms with Gasteiger partial charge in [0, 0.05) is 31.1 Å². The summed E-state index contributed by atoms with van der Waals surface area (Å²) in [5.74, 6) is 2.21. The number of amides is 1. The maximum absolute atomic E-state index is 12.3. The van der Waals surface area contributed by atoms with Crippen molar-refractivity contribution >= 4 is 17.7 Å². The molecule has 6 heteroatoms. The second-order valence-electron chi connectivity index (χ2n) is 5.87. The summed E-state index contributed by atoms with van der Waals surface area (Å²) in [4.78, 5) is 14.6. The van der Waals surface area contributed by atoms with Crippen LogP contribution in [0.3, 0.4) is 0 Å². The Labute approximate surface area is 119 Å². The zero-order chi connectivity index (χ0) is 13.9. The molecule has 19 heavy (non-hydrogen) atoms. The van der Waals surface area contributed by atoms with Crippen LogP contribution < -0.4 is 11.1 Å². The van der Waals surface area contributed by atoms with Crippen molar-refractivity contribution in [3.05, 3.63) is 0 Å². The molecule has 3 N–H and O–H groups in total. The van der Waals surface area contributed by atoms with E-state index < -0.39 is 5.54 Å².